The molecule has 1 aromatic rings. The Hall–Kier alpha value is -0.820. The molecule has 0 aliphatic rings. The van der Waals surface area contributed by atoms with Crippen LogP contribution >= 0.6 is 0 Å². The summed E-state index contributed by atoms with van der Waals surface area (Å²) in [4.78, 5) is 0. The van der Waals surface area contributed by atoms with E-state index in [1.807, 2.05) is 0 Å². The molecule has 1 rings (SSSR count). The van der Waals surface area contributed by atoms with Gasteiger partial charge >= 0.3 is 0 Å². The summed E-state index contributed by atoms with van der Waals surface area (Å²) in [6.07, 6.45) is 2.76. The maximum atomic E-state index is 10.1. The zero-order chi connectivity index (χ0) is 12.2. The highest BCUT2D eigenvalue weighted by molar-refractivity contribution is 5.24. The van der Waals surface area contributed by atoms with Gasteiger partial charge in [0, 0.05) is 0 Å². The van der Waals surface area contributed by atoms with Gasteiger partial charge in [-0.05, 0) is 29.4 Å². The minimum absolute atomic E-state index is 0.168. The fourth-order valence-electron chi connectivity index (χ4n) is 1.89. The average molecular weight is 220 g/mol. The third-order valence-corrected chi connectivity index (χ3v) is 2.71. The van der Waals surface area contributed by atoms with E-state index in [-0.39, 0.29) is 11.5 Å². The van der Waals surface area contributed by atoms with Crippen molar-refractivity contribution in [2.45, 2.75) is 53.1 Å². The van der Waals surface area contributed by atoms with E-state index in [0.717, 1.165) is 18.4 Å². The number of hydrogen-bond acceptors (Lipinski definition) is 1. The van der Waals surface area contributed by atoms with Crippen LogP contribution in [0.15, 0.2) is 24.3 Å². The Balaban J connectivity index is 2.66. The molecule has 1 heteroatoms. The normalized spacial score (nSPS) is 13.8. The first-order valence-electron chi connectivity index (χ1n) is 6.19. The van der Waals surface area contributed by atoms with Gasteiger partial charge < -0.3 is 5.11 Å². The molecule has 1 aromatic carbocycles. The maximum absolute atomic E-state index is 10.1. The molecule has 0 aliphatic carbocycles. The molecule has 0 spiro atoms. The third-order valence-electron chi connectivity index (χ3n) is 2.71. The summed E-state index contributed by atoms with van der Waals surface area (Å²) in [7, 11) is 0. The highest BCUT2D eigenvalue weighted by Crippen LogP contribution is 2.29. The van der Waals surface area contributed by atoms with Crippen LogP contribution in [0, 0.1) is 5.41 Å². The van der Waals surface area contributed by atoms with Crippen molar-refractivity contribution in [3.63, 3.8) is 0 Å². The van der Waals surface area contributed by atoms with Crippen molar-refractivity contribution in [1.82, 2.24) is 0 Å². The molecule has 0 radical (unpaired) electrons. The molecule has 0 amide bonds. The van der Waals surface area contributed by atoms with Crippen LogP contribution in [0.4, 0.5) is 0 Å². The average Bonchev–Trinajstić information content (AvgIpc) is 2.16. The van der Waals surface area contributed by atoms with E-state index in [4.69, 9.17) is 0 Å². The minimum Gasteiger partial charge on any atom is -0.388 e. The van der Waals surface area contributed by atoms with E-state index in [9.17, 15) is 5.11 Å². The highest BCUT2D eigenvalue weighted by Gasteiger charge is 2.17. The Labute approximate surface area is 99.5 Å². The number of benzene rings is 1. The Morgan fingerprint density at radius 1 is 1.12 bits per heavy atom. The predicted molar refractivity (Wildman–Crippen MR) is 69.5 cm³/mol. The number of hydrogen-bond donors (Lipinski definition) is 1. The number of rotatable bonds is 4. The second-order valence-electron chi connectivity index (χ2n) is 5.77. The molecule has 0 fully saturated rings. The lowest BCUT2D eigenvalue weighted by atomic mass is 9.87. The molecule has 0 heterocycles. The van der Waals surface area contributed by atoms with Crippen LogP contribution < -0.4 is 0 Å². The van der Waals surface area contributed by atoms with E-state index in [2.05, 4.69) is 52.0 Å². The van der Waals surface area contributed by atoms with Crippen molar-refractivity contribution in [3.05, 3.63) is 35.4 Å². The van der Waals surface area contributed by atoms with Crippen molar-refractivity contribution < 1.29 is 5.11 Å². The summed E-state index contributed by atoms with van der Waals surface area (Å²) < 4.78 is 0. The smallest absolute Gasteiger partial charge is 0.0795 e. The summed E-state index contributed by atoms with van der Waals surface area (Å²) in [6, 6.07) is 8.37. The van der Waals surface area contributed by atoms with Gasteiger partial charge in [0.15, 0.2) is 0 Å². The number of aliphatic hydroxyl groups is 1. The molecule has 0 aromatic heterocycles. The van der Waals surface area contributed by atoms with Gasteiger partial charge in [-0.2, -0.15) is 0 Å². The Kier molecular flexibility index (Phi) is 4.55. The van der Waals surface area contributed by atoms with Crippen LogP contribution in [0.5, 0.6) is 0 Å². The van der Waals surface area contributed by atoms with Gasteiger partial charge in [-0.25, -0.2) is 0 Å². The van der Waals surface area contributed by atoms with E-state index in [1.165, 1.54) is 12.0 Å². The van der Waals surface area contributed by atoms with Gasteiger partial charge in [-0.1, -0.05) is 58.4 Å². The van der Waals surface area contributed by atoms with Crippen molar-refractivity contribution >= 4 is 0 Å². The van der Waals surface area contributed by atoms with Crippen LogP contribution in [-0.4, -0.2) is 5.11 Å². The van der Waals surface area contributed by atoms with E-state index < -0.39 is 0 Å². The molecule has 0 saturated heterocycles. The molecule has 1 atom stereocenters. The van der Waals surface area contributed by atoms with Crippen molar-refractivity contribution in [2.24, 2.45) is 5.41 Å². The summed E-state index contributed by atoms with van der Waals surface area (Å²) in [6.45, 7) is 8.65. The van der Waals surface area contributed by atoms with Crippen LogP contribution in [0.2, 0.25) is 0 Å². The molecule has 1 N–H and O–H groups in total. The lowest BCUT2D eigenvalue weighted by Gasteiger charge is -2.22. The van der Waals surface area contributed by atoms with Gasteiger partial charge in [0.2, 0.25) is 0 Å². The lowest BCUT2D eigenvalue weighted by molar-refractivity contribution is 0.122. The van der Waals surface area contributed by atoms with E-state index in [1.54, 1.807) is 0 Å². The monoisotopic (exact) mass is 220 g/mol. The zero-order valence-electron chi connectivity index (χ0n) is 11.0. The lowest BCUT2D eigenvalue weighted by Crippen LogP contribution is -2.11. The standard InChI is InChI=1S/C15H24O/c1-5-6-12-7-9-13(10-8-12)14(16)11-15(2,3)4/h7-10,14,16H,5-6,11H2,1-4H3. The summed E-state index contributed by atoms with van der Waals surface area (Å²) in [5.74, 6) is 0. The van der Waals surface area contributed by atoms with Gasteiger partial charge in [0.1, 0.15) is 0 Å². The topological polar surface area (TPSA) is 20.2 Å². The SMILES string of the molecule is CCCc1ccc(C(O)CC(C)(C)C)cc1. The second kappa shape index (κ2) is 5.49. The quantitative estimate of drug-likeness (QED) is 0.809. The summed E-state index contributed by atoms with van der Waals surface area (Å²) in [5, 5.41) is 10.1. The van der Waals surface area contributed by atoms with Crippen LogP contribution in [0.25, 0.3) is 0 Å². The molecule has 0 bridgehead atoms. The highest BCUT2D eigenvalue weighted by atomic mass is 16.3. The van der Waals surface area contributed by atoms with Crippen LogP contribution in [0.1, 0.15) is 57.8 Å². The molecule has 1 unspecified atom stereocenters. The largest absolute Gasteiger partial charge is 0.388 e. The number of aliphatic hydroxyl groups excluding tert-OH is 1. The van der Waals surface area contributed by atoms with Crippen LogP contribution in [0.3, 0.4) is 0 Å². The summed E-state index contributed by atoms with van der Waals surface area (Å²) >= 11 is 0. The van der Waals surface area contributed by atoms with Crippen molar-refractivity contribution in [2.75, 3.05) is 0 Å². The van der Waals surface area contributed by atoms with Gasteiger partial charge in [-0.15, -0.1) is 0 Å². The molecular formula is C15H24O. The first-order chi connectivity index (χ1) is 7.42. The molecule has 90 valence electrons. The van der Waals surface area contributed by atoms with E-state index in [0.29, 0.717) is 0 Å². The fourth-order valence-corrected chi connectivity index (χ4v) is 1.89. The fraction of sp³-hybridized carbons (Fsp3) is 0.600. The second-order valence-corrected chi connectivity index (χ2v) is 5.77. The first-order valence-corrected chi connectivity index (χ1v) is 6.19. The van der Waals surface area contributed by atoms with Gasteiger partial charge in [0.25, 0.3) is 0 Å². The molecular weight excluding hydrogens is 196 g/mol. The van der Waals surface area contributed by atoms with Gasteiger partial charge in [-0.3, -0.25) is 0 Å². The Morgan fingerprint density at radius 2 is 1.69 bits per heavy atom. The molecule has 0 aliphatic heterocycles. The van der Waals surface area contributed by atoms with E-state index >= 15 is 0 Å². The Morgan fingerprint density at radius 3 is 2.12 bits per heavy atom. The summed E-state index contributed by atoms with van der Waals surface area (Å²) in [5.41, 5.74) is 2.56. The molecule has 16 heavy (non-hydrogen) atoms. The Bertz CT molecular complexity index is 305. The van der Waals surface area contributed by atoms with Crippen molar-refractivity contribution in [3.8, 4) is 0 Å². The minimum atomic E-state index is -0.337. The van der Waals surface area contributed by atoms with Gasteiger partial charge in [0.05, 0.1) is 6.10 Å². The maximum Gasteiger partial charge on any atom is 0.0795 e. The third kappa shape index (κ3) is 4.36. The van der Waals surface area contributed by atoms with Crippen molar-refractivity contribution in [1.29, 1.82) is 0 Å². The predicted octanol–water partition coefficient (Wildman–Crippen LogP) is 4.11. The molecule has 1 nitrogen and oxygen atoms in total. The zero-order valence-corrected chi connectivity index (χ0v) is 11.0. The number of aryl methyl sites for hydroxylation is 1. The first kappa shape index (κ1) is 13.2. The van der Waals surface area contributed by atoms with Crippen LogP contribution in [-0.2, 0) is 6.42 Å². The molecule has 0 saturated carbocycles.